The molecule has 0 rings (SSSR count). The van der Waals surface area contributed by atoms with Gasteiger partial charge in [0.1, 0.15) is 0 Å². The molecule has 0 fully saturated rings. The lowest BCUT2D eigenvalue weighted by molar-refractivity contribution is -0.0247. The molecule has 0 radical (unpaired) electrons. The Morgan fingerprint density at radius 1 is 0.205 bits per heavy atom. The molecule has 78 heavy (non-hydrogen) atoms. The molecule has 0 aliphatic rings. The summed E-state index contributed by atoms with van der Waals surface area (Å²) in [5, 5.41) is 0. The molecular weight excluding hydrogens is 1230 g/mol. The summed E-state index contributed by atoms with van der Waals surface area (Å²) in [5.41, 5.74) is 0. The maximum absolute atomic E-state index is 5.91. The third-order valence-corrected chi connectivity index (χ3v) is 25.2. The molecule has 19 nitrogen and oxygen atoms in total. The lowest BCUT2D eigenvalue weighted by Gasteiger charge is -2.26. The Morgan fingerprint density at radius 2 is 0.372 bits per heavy atom. The number of halogens is 4. The first-order chi connectivity index (χ1) is 36.2. The van der Waals surface area contributed by atoms with E-state index in [-0.39, 0.29) is 0 Å². The van der Waals surface area contributed by atoms with Crippen LogP contribution in [0.4, 0.5) is 0 Å². The van der Waals surface area contributed by atoms with Crippen molar-refractivity contribution in [2.75, 3.05) is 126 Å². The summed E-state index contributed by atoms with van der Waals surface area (Å²) in [7, 11) is -17.4. The van der Waals surface area contributed by atoms with Crippen molar-refractivity contribution in [2.45, 2.75) is 190 Å². The van der Waals surface area contributed by atoms with E-state index in [0.29, 0.717) is 92.5 Å². The molecule has 0 aliphatic carbocycles. The van der Waals surface area contributed by atoms with Gasteiger partial charge in [-0.3, -0.25) is 0 Å². The van der Waals surface area contributed by atoms with Crippen LogP contribution in [0.2, 0.25) is 58.9 Å². The monoisotopic (exact) mass is 1350 g/mol. The average molecular weight is 1360 g/mol. The van der Waals surface area contributed by atoms with Gasteiger partial charge in [-0.05, 0) is 184 Å². The highest BCUT2D eigenvalue weighted by Gasteiger charge is 2.44. The normalized spacial score (nSPS) is 12.0. The summed E-state index contributed by atoms with van der Waals surface area (Å²) in [6.07, 6.45) is 0. The molecule has 0 saturated heterocycles. The molecule has 31 heteroatoms. The molecule has 0 aromatic carbocycles. The van der Waals surface area contributed by atoms with Crippen LogP contribution in [0.3, 0.4) is 0 Å². The predicted octanol–water partition coefficient (Wildman–Crippen LogP) is 14.2. The van der Waals surface area contributed by atoms with Crippen molar-refractivity contribution < 1.29 is 84.1 Å². The zero-order valence-electron chi connectivity index (χ0n) is 54.7. The lowest BCUT2D eigenvalue weighted by Crippen LogP contribution is -2.49. The second kappa shape index (κ2) is 62.2. The Balaban J connectivity index is -0.000000120. The fourth-order valence-corrected chi connectivity index (χ4v) is 18.9. The number of hydrogen-bond acceptors (Lipinski definition) is 19. The standard InChI is InChI=1S/C8H20O4Si.C7H18O3Si.C6H15ClO3Si.2C6H16O2Si.2C5H13ClO2Si.C4H11ClOSi/c1-5-9-13(10-6-2,11-7-3)12-8-4;1-5-8-11(4,9-6-2)10-7-3;1-4-8-11(7,9-5-2)10-6-3;2*1-5-7-9(3,4)8-6-2;2*1-4-7-9(3,6)8-5-2;1-4-6-7(2,3)5/h5-8H2,1-4H3;5-7H2,1-4H3;4-6H2,1-3H3;2*5-6H2,1-4H3;2*4-5H2,1-3H3;4H2,1-3H3. The SMILES string of the molecule is CCO[Si](C)(C)Cl.CCO[Si](C)(C)OCC.CCO[Si](C)(C)OCC.CCO[Si](C)(Cl)OCC.CCO[Si](C)(Cl)OCC.CCO[Si](C)(OCC)OCC.CCO[Si](Cl)(OCC)OCC.CCO[Si](OCC)(OCC)OCC. The van der Waals surface area contributed by atoms with Crippen molar-refractivity contribution in [1.82, 2.24) is 0 Å². The highest BCUT2D eigenvalue weighted by molar-refractivity contribution is 7.15. The van der Waals surface area contributed by atoms with Crippen LogP contribution >= 0.6 is 44.3 Å². The fourth-order valence-electron chi connectivity index (χ4n) is 5.44. The molecule has 0 bridgehead atoms. The molecule has 0 aromatic rings. The molecular formula is C47H122Cl4O19Si8. The molecule has 0 amide bonds. The van der Waals surface area contributed by atoms with Gasteiger partial charge < -0.3 is 84.1 Å². The number of hydrogen-bond donors (Lipinski definition) is 0. The smallest absolute Gasteiger partial charge is 0.404 e. The Kier molecular flexibility index (Phi) is 76.9. The Bertz CT molecular complexity index is 991. The van der Waals surface area contributed by atoms with Gasteiger partial charge in [0, 0.05) is 132 Å². The fraction of sp³-hybridized carbons (Fsp3) is 1.00. The molecule has 0 atom stereocenters. The van der Waals surface area contributed by atoms with Gasteiger partial charge in [-0.1, -0.05) is 33.2 Å². The van der Waals surface area contributed by atoms with Gasteiger partial charge in [-0.15, -0.1) is 11.1 Å². The highest BCUT2D eigenvalue weighted by atomic mass is 35.6. The van der Waals surface area contributed by atoms with Crippen LogP contribution in [0.15, 0.2) is 0 Å². The summed E-state index contributed by atoms with van der Waals surface area (Å²) in [5.74, 6) is 0. The maximum atomic E-state index is 5.91. The first kappa shape index (κ1) is 96.4. The number of rotatable bonds is 38. The Morgan fingerprint density at radius 3 is 0.500 bits per heavy atom. The molecule has 0 aromatic heterocycles. The van der Waals surface area contributed by atoms with Crippen molar-refractivity contribution in [3.63, 3.8) is 0 Å². The summed E-state index contributed by atoms with van der Waals surface area (Å²) < 4.78 is 101. The minimum atomic E-state index is -2.80. The van der Waals surface area contributed by atoms with Crippen molar-refractivity contribution in [2.24, 2.45) is 0 Å². The van der Waals surface area contributed by atoms with Gasteiger partial charge in [0.05, 0.1) is 0 Å². The van der Waals surface area contributed by atoms with E-state index >= 15 is 0 Å². The third kappa shape index (κ3) is 76.1. The van der Waals surface area contributed by atoms with Crippen LogP contribution in [0.25, 0.3) is 0 Å². The second-order valence-corrected chi connectivity index (χ2v) is 45.0. The van der Waals surface area contributed by atoms with E-state index in [1.807, 2.05) is 164 Å². The first-order valence-electron chi connectivity index (χ1n) is 28.1. The molecule has 0 N–H and O–H groups in total. The Labute approximate surface area is 507 Å². The summed E-state index contributed by atoms with van der Waals surface area (Å²) in [4.78, 5) is 0. The molecule has 0 spiro atoms. The first-order valence-corrected chi connectivity index (χ1v) is 50.9. The van der Waals surface area contributed by atoms with Gasteiger partial charge >= 0.3 is 58.8 Å². The van der Waals surface area contributed by atoms with Crippen LogP contribution in [0.5, 0.6) is 0 Å². The average Bonchev–Trinajstić information content (AvgIpc) is 3.28. The van der Waals surface area contributed by atoms with Gasteiger partial charge in [-0.2, -0.15) is 0 Å². The van der Waals surface area contributed by atoms with E-state index in [0.717, 1.165) is 33.0 Å². The van der Waals surface area contributed by atoms with Gasteiger partial charge in [-0.25, -0.2) is 0 Å². The quantitative estimate of drug-likeness (QED) is 0.0421. The minimum absolute atomic E-state index is 0.524. The molecule has 0 unspecified atom stereocenters. The van der Waals surface area contributed by atoms with E-state index in [1.54, 1.807) is 0 Å². The zero-order valence-corrected chi connectivity index (χ0v) is 65.7. The topological polar surface area (TPSA) is 175 Å². The van der Waals surface area contributed by atoms with Crippen molar-refractivity contribution in [3.8, 4) is 0 Å². The van der Waals surface area contributed by atoms with Crippen LogP contribution in [0, 0.1) is 0 Å². The molecule has 0 aliphatic heterocycles. The van der Waals surface area contributed by atoms with Crippen LogP contribution in [0.1, 0.15) is 132 Å². The predicted molar refractivity (Wildman–Crippen MR) is 343 cm³/mol. The van der Waals surface area contributed by atoms with E-state index in [9.17, 15) is 0 Å². The third-order valence-electron chi connectivity index (χ3n) is 7.52. The van der Waals surface area contributed by atoms with E-state index in [4.69, 9.17) is 128 Å². The summed E-state index contributed by atoms with van der Waals surface area (Å²) in [6, 6.07) is 0. The summed E-state index contributed by atoms with van der Waals surface area (Å²) >= 11 is 23.3. The Hall–Kier alpha value is 2.14. The zero-order chi connectivity index (χ0) is 62.9. The van der Waals surface area contributed by atoms with Gasteiger partial charge in [0.25, 0.3) is 7.63 Å². The maximum Gasteiger partial charge on any atom is 0.679 e. The van der Waals surface area contributed by atoms with Gasteiger partial charge in [0.15, 0.2) is 0 Å². The molecule has 0 saturated carbocycles. The van der Waals surface area contributed by atoms with Crippen LogP contribution < -0.4 is 0 Å². The highest BCUT2D eigenvalue weighted by Crippen LogP contribution is 2.16. The van der Waals surface area contributed by atoms with Crippen LogP contribution in [-0.2, 0) is 84.1 Å². The van der Waals surface area contributed by atoms with Crippen molar-refractivity contribution in [1.29, 1.82) is 0 Å². The largest absolute Gasteiger partial charge is 0.679 e. The second-order valence-electron chi connectivity index (χ2n) is 15.9. The van der Waals surface area contributed by atoms with Crippen molar-refractivity contribution in [3.05, 3.63) is 0 Å². The molecule has 0 heterocycles. The lowest BCUT2D eigenvalue weighted by atomic mass is 10.9. The van der Waals surface area contributed by atoms with Gasteiger partial charge in [0.2, 0.25) is 0 Å². The van der Waals surface area contributed by atoms with E-state index in [2.05, 4.69) is 26.2 Å². The van der Waals surface area contributed by atoms with Crippen LogP contribution in [-0.4, -0.2) is 192 Å². The minimum Gasteiger partial charge on any atom is -0.404 e. The van der Waals surface area contributed by atoms with Crippen molar-refractivity contribution >= 4 is 111 Å². The summed E-state index contributed by atoms with van der Waals surface area (Å²) in [6.45, 7) is 66.3. The van der Waals surface area contributed by atoms with E-state index < -0.39 is 66.5 Å². The molecule has 484 valence electrons. The van der Waals surface area contributed by atoms with E-state index in [1.165, 1.54) is 0 Å².